The molecular weight excluding hydrogens is 254 g/mol. The van der Waals surface area contributed by atoms with E-state index in [2.05, 4.69) is 76.3 Å². The first-order chi connectivity index (χ1) is 10.0. The molecule has 0 saturated heterocycles. The molecule has 1 unspecified atom stereocenters. The average molecular weight is 281 g/mol. The fourth-order valence-electron chi connectivity index (χ4n) is 2.71. The van der Waals surface area contributed by atoms with Crippen LogP contribution in [0, 0.1) is 27.7 Å². The van der Waals surface area contributed by atoms with Gasteiger partial charge in [-0.05, 0) is 68.5 Å². The SMILES string of the molecule is CCCNC(c1ccc(C)c(C)c1)c1cc(C)ccc1C. The molecule has 2 aromatic rings. The van der Waals surface area contributed by atoms with Gasteiger partial charge < -0.3 is 5.32 Å². The van der Waals surface area contributed by atoms with Crippen LogP contribution in [0.3, 0.4) is 0 Å². The monoisotopic (exact) mass is 281 g/mol. The Morgan fingerprint density at radius 3 is 2.24 bits per heavy atom. The van der Waals surface area contributed by atoms with Gasteiger partial charge in [-0.1, -0.05) is 48.9 Å². The van der Waals surface area contributed by atoms with Crippen LogP contribution in [-0.2, 0) is 0 Å². The lowest BCUT2D eigenvalue weighted by Gasteiger charge is -2.23. The third kappa shape index (κ3) is 3.74. The lowest BCUT2D eigenvalue weighted by Crippen LogP contribution is -2.24. The number of benzene rings is 2. The Kier molecular flexibility index (Phi) is 5.19. The molecule has 1 atom stereocenters. The summed E-state index contributed by atoms with van der Waals surface area (Å²) in [6.07, 6.45) is 1.15. The van der Waals surface area contributed by atoms with Crippen molar-refractivity contribution in [3.8, 4) is 0 Å². The Morgan fingerprint density at radius 2 is 1.57 bits per heavy atom. The minimum absolute atomic E-state index is 0.282. The molecule has 2 aromatic carbocycles. The normalized spacial score (nSPS) is 12.4. The predicted molar refractivity (Wildman–Crippen MR) is 92.0 cm³/mol. The molecule has 1 heteroatoms. The summed E-state index contributed by atoms with van der Waals surface area (Å²) in [5.74, 6) is 0. The van der Waals surface area contributed by atoms with Gasteiger partial charge in [0.1, 0.15) is 0 Å². The van der Waals surface area contributed by atoms with Crippen LogP contribution in [0.5, 0.6) is 0 Å². The zero-order valence-corrected chi connectivity index (χ0v) is 14.0. The predicted octanol–water partition coefficient (Wildman–Crippen LogP) is 5.01. The summed E-state index contributed by atoms with van der Waals surface area (Å²) in [4.78, 5) is 0. The van der Waals surface area contributed by atoms with Crippen molar-refractivity contribution in [1.29, 1.82) is 0 Å². The van der Waals surface area contributed by atoms with Crippen LogP contribution in [-0.4, -0.2) is 6.54 Å². The molecule has 112 valence electrons. The van der Waals surface area contributed by atoms with Crippen LogP contribution in [0.1, 0.15) is 52.8 Å². The second kappa shape index (κ2) is 6.91. The molecule has 0 amide bonds. The molecule has 0 fully saturated rings. The van der Waals surface area contributed by atoms with Gasteiger partial charge in [-0.2, -0.15) is 0 Å². The zero-order chi connectivity index (χ0) is 15.4. The Bertz CT molecular complexity index is 613. The van der Waals surface area contributed by atoms with Crippen molar-refractivity contribution in [3.63, 3.8) is 0 Å². The van der Waals surface area contributed by atoms with Gasteiger partial charge >= 0.3 is 0 Å². The first-order valence-electron chi connectivity index (χ1n) is 7.90. The van der Waals surface area contributed by atoms with Crippen LogP contribution < -0.4 is 5.32 Å². The summed E-state index contributed by atoms with van der Waals surface area (Å²) in [5.41, 5.74) is 8.15. The summed E-state index contributed by atoms with van der Waals surface area (Å²) in [6, 6.07) is 13.8. The molecule has 1 nitrogen and oxygen atoms in total. The lowest BCUT2D eigenvalue weighted by molar-refractivity contribution is 0.595. The zero-order valence-electron chi connectivity index (χ0n) is 14.0. The van der Waals surface area contributed by atoms with Crippen molar-refractivity contribution in [2.24, 2.45) is 0 Å². The molecular formula is C20H27N. The van der Waals surface area contributed by atoms with E-state index < -0.39 is 0 Å². The fraction of sp³-hybridized carbons (Fsp3) is 0.400. The van der Waals surface area contributed by atoms with Crippen molar-refractivity contribution in [2.75, 3.05) is 6.54 Å². The van der Waals surface area contributed by atoms with Gasteiger partial charge in [-0.15, -0.1) is 0 Å². The minimum Gasteiger partial charge on any atom is -0.306 e. The number of hydrogen-bond donors (Lipinski definition) is 1. The maximum Gasteiger partial charge on any atom is 0.0579 e. The van der Waals surface area contributed by atoms with E-state index in [1.54, 1.807) is 0 Å². The number of nitrogens with one attached hydrogen (secondary N) is 1. The van der Waals surface area contributed by atoms with Crippen molar-refractivity contribution >= 4 is 0 Å². The summed E-state index contributed by atoms with van der Waals surface area (Å²) in [5, 5.41) is 3.72. The molecule has 0 radical (unpaired) electrons. The van der Waals surface area contributed by atoms with Crippen molar-refractivity contribution < 1.29 is 0 Å². The van der Waals surface area contributed by atoms with Gasteiger partial charge in [0.2, 0.25) is 0 Å². The quantitative estimate of drug-likeness (QED) is 0.812. The maximum atomic E-state index is 3.72. The number of hydrogen-bond acceptors (Lipinski definition) is 1. The Morgan fingerprint density at radius 1 is 0.857 bits per heavy atom. The van der Waals surface area contributed by atoms with Gasteiger partial charge in [0.25, 0.3) is 0 Å². The van der Waals surface area contributed by atoms with E-state index in [0.717, 1.165) is 13.0 Å². The Balaban J connectivity index is 2.46. The van der Waals surface area contributed by atoms with E-state index in [9.17, 15) is 0 Å². The molecule has 0 saturated carbocycles. The topological polar surface area (TPSA) is 12.0 Å². The van der Waals surface area contributed by atoms with Crippen molar-refractivity contribution in [1.82, 2.24) is 5.32 Å². The van der Waals surface area contributed by atoms with Gasteiger partial charge in [-0.3, -0.25) is 0 Å². The minimum atomic E-state index is 0.282. The van der Waals surface area contributed by atoms with E-state index in [4.69, 9.17) is 0 Å². The highest BCUT2D eigenvalue weighted by molar-refractivity contribution is 5.41. The largest absolute Gasteiger partial charge is 0.306 e. The number of aryl methyl sites for hydroxylation is 4. The van der Waals surface area contributed by atoms with E-state index >= 15 is 0 Å². The van der Waals surface area contributed by atoms with Crippen LogP contribution in [0.15, 0.2) is 36.4 Å². The summed E-state index contributed by atoms with van der Waals surface area (Å²) in [6.45, 7) is 12.0. The Hall–Kier alpha value is -1.60. The molecule has 0 aliphatic carbocycles. The van der Waals surface area contributed by atoms with Gasteiger partial charge in [0.05, 0.1) is 6.04 Å². The van der Waals surface area contributed by atoms with Crippen LogP contribution >= 0.6 is 0 Å². The second-order valence-corrected chi connectivity index (χ2v) is 6.09. The standard InChI is InChI=1S/C20H27N/c1-6-11-21-20(18-10-9-15(3)17(5)13-18)19-12-14(2)7-8-16(19)4/h7-10,12-13,20-21H,6,11H2,1-5H3. The second-order valence-electron chi connectivity index (χ2n) is 6.09. The summed E-state index contributed by atoms with van der Waals surface area (Å²) >= 11 is 0. The van der Waals surface area contributed by atoms with E-state index in [-0.39, 0.29) is 6.04 Å². The van der Waals surface area contributed by atoms with E-state index in [0.29, 0.717) is 0 Å². The molecule has 0 aromatic heterocycles. The molecule has 0 aliphatic rings. The molecule has 0 heterocycles. The first-order valence-corrected chi connectivity index (χ1v) is 7.90. The maximum absolute atomic E-state index is 3.72. The molecule has 0 aliphatic heterocycles. The fourth-order valence-corrected chi connectivity index (χ4v) is 2.71. The van der Waals surface area contributed by atoms with Crippen molar-refractivity contribution in [2.45, 2.75) is 47.1 Å². The molecule has 2 rings (SSSR count). The van der Waals surface area contributed by atoms with Crippen LogP contribution in [0.2, 0.25) is 0 Å². The third-order valence-electron chi connectivity index (χ3n) is 4.21. The summed E-state index contributed by atoms with van der Waals surface area (Å²) < 4.78 is 0. The van der Waals surface area contributed by atoms with E-state index in [1.807, 2.05) is 0 Å². The lowest BCUT2D eigenvalue weighted by atomic mass is 9.92. The highest BCUT2D eigenvalue weighted by Gasteiger charge is 2.16. The molecule has 21 heavy (non-hydrogen) atoms. The van der Waals surface area contributed by atoms with Crippen LogP contribution in [0.4, 0.5) is 0 Å². The van der Waals surface area contributed by atoms with Gasteiger partial charge in [-0.25, -0.2) is 0 Å². The smallest absolute Gasteiger partial charge is 0.0579 e. The average Bonchev–Trinajstić information content (AvgIpc) is 2.46. The summed E-state index contributed by atoms with van der Waals surface area (Å²) in [7, 11) is 0. The number of rotatable bonds is 5. The Labute approximate surface area is 129 Å². The molecule has 0 bridgehead atoms. The first kappa shape index (κ1) is 15.8. The third-order valence-corrected chi connectivity index (χ3v) is 4.21. The molecule has 1 N–H and O–H groups in total. The highest BCUT2D eigenvalue weighted by atomic mass is 14.9. The van der Waals surface area contributed by atoms with Gasteiger partial charge in [0, 0.05) is 0 Å². The van der Waals surface area contributed by atoms with Gasteiger partial charge in [0.15, 0.2) is 0 Å². The van der Waals surface area contributed by atoms with Crippen molar-refractivity contribution in [3.05, 3.63) is 69.8 Å². The highest BCUT2D eigenvalue weighted by Crippen LogP contribution is 2.27. The van der Waals surface area contributed by atoms with Crippen LogP contribution in [0.25, 0.3) is 0 Å². The molecule has 0 spiro atoms. The van der Waals surface area contributed by atoms with E-state index in [1.165, 1.54) is 33.4 Å².